The first kappa shape index (κ1) is 51.1. The summed E-state index contributed by atoms with van der Waals surface area (Å²) in [6.45, 7) is 5.09. The maximum absolute atomic E-state index is 2.70. The van der Waals surface area contributed by atoms with Crippen LogP contribution >= 0.6 is 23.5 Å². The van der Waals surface area contributed by atoms with E-state index < -0.39 is 0 Å². The van der Waals surface area contributed by atoms with Gasteiger partial charge in [0.05, 0.1) is 20.6 Å². The topological polar surface area (TPSA) is 6.48 Å². The predicted molar refractivity (Wildman–Crippen MR) is 355 cm³/mol. The van der Waals surface area contributed by atoms with E-state index >= 15 is 0 Å². The molecule has 4 unspecified atom stereocenters. The summed E-state index contributed by atoms with van der Waals surface area (Å²) >= 11 is 4.15. The van der Waals surface area contributed by atoms with Crippen molar-refractivity contribution in [2.45, 2.75) is 85.8 Å². The van der Waals surface area contributed by atoms with Gasteiger partial charge in [-0.3, -0.25) is 0 Å². The Hall–Kier alpha value is -7.76. The van der Waals surface area contributed by atoms with Gasteiger partial charge < -0.3 is 9.80 Å². The molecule has 0 N–H and O–H groups in total. The molecule has 4 aliphatic rings. The molecule has 402 valence electrons. The van der Waals surface area contributed by atoms with Crippen molar-refractivity contribution in [3.8, 4) is 66.8 Å². The van der Waals surface area contributed by atoms with Crippen LogP contribution in [0.15, 0.2) is 243 Å². The van der Waals surface area contributed by atoms with Crippen molar-refractivity contribution < 1.29 is 0 Å². The van der Waals surface area contributed by atoms with Gasteiger partial charge in [-0.25, -0.2) is 0 Å². The summed E-state index contributed by atoms with van der Waals surface area (Å²) in [6, 6.07) is 92.4. The lowest BCUT2D eigenvalue weighted by atomic mass is 9.71. The molecule has 82 heavy (non-hydrogen) atoms. The number of hydrogen-bond donors (Lipinski definition) is 0. The van der Waals surface area contributed by atoms with E-state index in [1.54, 1.807) is 0 Å². The number of fused-ring (bicyclic) bond motifs is 8. The van der Waals surface area contributed by atoms with Crippen LogP contribution in [-0.4, -0.2) is 23.6 Å². The third kappa shape index (κ3) is 7.70. The van der Waals surface area contributed by atoms with Gasteiger partial charge in [0.2, 0.25) is 0 Å². The summed E-state index contributed by atoms with van der Waals surface area (Å²) in [4.78, 5) is 5.40. The number of rotatable bonds is 10. The van der Waals surface area contributed by atoms with Crippen molar-refractivity contribution in [3.63, 3.8) is 0 Å². The first-order valence-electron chi connectivity index (χ1n) is 29.7. The van der Waals surface area contributed by atoms with Gasteiger partial charge in [-0.15, -0.1) is 0 Å². The summed E-state index contributed by atoms with van der Waals surface area (Å²) in [5.41, 5.74) is 23.0. The molecule has 0 spiro atoms. The number of nitrogens with zero attached hydrogens (tertiary/aromatic N) is 2. The number of thioether (sulfide) groups is 2. The number of hydrogen-bond acceptors (Lipinski definition) is 4. The first-order valence-corrected chi connectivity index (χ1v) is 32.2. The van der Waals surface area contributed by atoms with E-state index in [-0.39, 0.29) is 20.6 Å². The Morgan fingerprint density at radius 3 is 0.976 bits per heavy atom. The van der Waals surface area contributed by atoms with Crippen LogP contribution in [0.5, 0.6) is 0 Å². The molecule has 2 aliphatic carbocycles. The van der Waals surface area contributed by atoms with Crippen LogP contribution in [0.2, 0.25) is 0 Å². The lowest BCUT2D eigenvalue weighted by Crippen LogP contribution is -2.54. The Bertz CT molecular complexity index is 3940. The molecule has 11 aromatic carbocycles. The highest BCUT2D eigenvalue weighted by Crippen LogP contribution is 2.67. The van der Waals surface area contributed by atoms with Crippen LogP contribution in [-0.2, 0) is 9.49 Å². The Morgan fingerprint density at radius 1 is 0.293 bits per heavy atom. The van der Waals surface area contributed by atoms with Crippen molar-refractivity contribution in [3.05, 3.63) is 254 Å². The highest BCUT2D eigenvalue weighted by atomic mass is 32.2. The van der Waals surface area contributed by atoms with Gasteiger partial charge in [0, 0.05) is 22.7 Å². The molecule has 2 nitrogen and oxygen atoms in total. The molecule has 4 heteroatoms. The summed E-state index contributed by atoms with van der Waals surface area (Å²) in [7, 11) is 0. The van der Waals surface area contributed by atoms with Crippen LogP contribution in [0, 0.1) is 0 Å². The Labute approximate surface area is 493 Å². The van der Waals surface area contributed by atoms with Crippen LogP contribution in [0.25, 0.3) is 88.3 Å². The lowest BCUT2D eigenvalue weighted by Gasteiger charge is -2.51. The fourth-order valence-electron chi connectivity index (χ4n) is 16.1. The molecule has 0 amide bonds. The monoisotopic (exact) mass is 1100 g/mol. The van der Waals surface area contributed by atoms with E-state index in [9.17, 15) is 0 Å². The number of anilines is 4. The highest BCUT2D eigenvalue weighted by molar-refractivity contribution is 7.99. The van der Waals surface area contributed by atoms with Crippen molar-refractivity contribution >= 4 is 67.8 Å². The van der Waals surface area contributed by atoms with Gasteiger partial charge >= 0.3 is 0 Å². The summed E-state index contributed by atoms with van der Waals surface area (Å²) in [5, 5.41) is 5.04. The average molecular weight is 1100 g/mol. The Balaban J connectivity index is 0.961. The molecule has 4 atom stereocenters. The SMILES string of the molecule is CSC12CCCCC1(C)N(c1ccccc1)c1ccc(-c3ccc4c(-c5ccc(-c6ccccc6)cc5)c5cc(-c6ccc7c(c6)C6(SC)CCCCC6(C)N7c6ccccc6)ccc5c(-c5ccc(-c6ccccc6)cc5)c4c3)cc12. The van der Waals surface area contributed by atoms with E-state index in [0.29, 0.717) is 0 Å². The van der Waals surface area contributed by atoms with Crippen LogP contribution < -0.4 is 9.80 Å². The van der Waals surface area contributed by atoms with Crippen molar-refractivity contribution in [1.29, 1.82) is 0 Å². The fourth-order valence-corrected chi connectivity index (χ4v) is 18.8. The minimum Gasteiger partial charge on any atom is -0.334 e. The molecule has 2 aliphatic heterocycles. The predicted octanol–water partition coefficient (Wildman–Crippen LogP) is 22.1. The minimum atomic E-state index is -0.0483. The second-order valence-electron chi connectivity index (χ2n) is 24.0. The third-order valence-electron chi connectivity index (χ3n) is 20.0. The van der Waals surface area contributed by atoms with E-state index in [0.717, 1.165) is 12.8 Å². The second kappa shape index (κ2) is 20.0. The third-order valence-corrected chi connectivity index (χ3v) is 23.1. The molecule has 0 saturated heterocycles. The van der Waals surface area contributed by atoms with E-state index in [2.05, 4.69) is 302 Å². The zero-order valence-electron chi connectivity index (χ0n) is 47.5. The van der Waals surface area contributed by atoms with Gasteiger partial charge in [0.1, 0.15) is 0 Å². The molecule has 2 fully saturated rings. The normalized spacial score (nSPS) is 21.8. The van der Waals surface area contributed by atoms with Gasteiger partial charge in [0.25, 0.3) is 0 Å². The first-order chi connectivity index (χ1) is 40.3. The molecular formula is C78H68N2S2. The lowest BCUT2D eigenvalue weighted by molar-refractivity contribution is 0.262. The zero-order valence-corrected chi connectivity index (χ0v) is 49.1. The molecule has 0 radical (unpaired) electrons. The minimum absolute atomic E-state index is 0.0337. The molecular weight excluding hydrogens is 1030 g/mol. The quantitative estimate of drug-likeness (QED) is 0.126. The standard InChI is InChI=1S/C78H68N2S2/c1-75-45-17-19-47-77(75,81-3)69-51-61(39-43-71(69)79(75)63-25-13-7-14-26-63)59-37-41-65-67(49-59)73(57-33-29-55(30-34-57)53-21-9-5-10-22-53)66-42-38-60(50-68(66)74(65)58-35-31-56(32-36-58)54-23-11-6-12-24-54)62-40-44-72-70(52-62)78(82-4)48-20-18-46-76(78,2)80(72)64-27-15-8-16-28-64/h5-16,21-44,49-52H,17-20,45-48H2,1-4H3. The van der Waals surface area contributed by atoms with Gasteiger partial charge in [-0.05, 0) is 212 Å². The average Bonchev–Trinajstić information content (AvgIpc) is 1.89. The van der Waals surface area contributed by atoms with Crippen LogP contribution in [0.1, 0.15) is 76.3 Å². The van der Waals surface area contributed by atoms with E-state index in [4.69, 9.17) is 0 Å². The molecule has 2 saturated carbocycles. The molecule has 11 aromatic rings. The zero-order chi connectivity index (χ0) is 55.2. The summed E-state index contributed by atoms with van der Waals surface area (Å²) in [6.07, 6.45) is 14.4. The fraction of sp³-hybridized carbons (Fsp3) is 0.205. The maximum Gasteiger partial charge on any atom is 0.0658 e. The molecule has 0 bridgehead atoms. The smallest absolute Gasteiger partial charge is 0.0658 e. The van der Waals surface area contributed by atoms with Crippen molar-refractivity contribution in [2.24, 2.45) is 0 Å². The van der Waals surface area contributed by atoms with Gasteiger partial charge in [0.15, 0.2) is 0 Å². The van der Waals surface area contributed by atoms with E-state index in [1.807, 2.05) is 0 Å². The highest BCUT2D eigenvalue weighted by Gasteiger charge is 2.61. The van der Waals surface area contributed by atoms with Gasteiger partial charge in [-0.2, -0.15) is 23.5 Å². The number of benzene rings is 11. The molecule has 2 heterocycles. The largest absolute Gasteiger partial charge is 0.334 e. The number of para-hydroxylation sites is 2. The molecule has 0 aromatic heterocycles. The van der Waals surface area contributed by atoms with E-state index in [1.165, 1.54) is 161 Å². The Kier molecular flexibility index (Phi) is 12.5. The van der Waals surface area contributed by atoms with Crippen molar-refractivity contribution in [1.82, 2.24) is 0 Å². The van der Waals surface area contributed by atoms with Crippen molar-refractivity contribution in [2.75, 3.05) is 22.3 Å². The molecule has 15 rings (SSSR count). The van der Waals surface area contributed by atoms with Gasteiger partial charge in [-0.1, -0.05) is 208 Å². The maximum atomic E-state index is 2.70. The summed E-state index contributed by atoms with van der Waals surface area (Å²) < 4.78 is -0.0673. The summed E-state index contributed by atoms with van der Waals surface area (Å²) in [5.74, 6) is 0. The van der Waals surface area contributed by atoms with Crippen LogP contribution in [0.4, 0.5) is 22.7 Å². The van der Waals surface area contributed by atoms with Crippen LogP contribution in [0.3, 0.4) is 0 Å². The Morgan fingerprint density at radius 2 is 0.598 bits per heavy atom. The second-order valence-corrected chi connectivity index (χ2v) is 26.2.